The summed E-state index contributed by atoms with van der Waals surface area (Å²) in [6, 6.07) is 11.8. The van der Waals surface area contributed by atoms with Gasteiger partial charge < -0.3 is 19.5 Å². The van der Waals surface area contributed by atoms with E-state index in [-0.39, 0.29) is 23.7 Å². The molecule has 0 saturated heterocycles. The van der Waals surface area contributed by atoms with Crippen LogP contribution < -0.4 is 15.6 Å². The van der Waals surface area contributed by atoms with Crippen LogP contribution in [-0.4, -0.2) is 23.3 Å². The van der Waals surface area contributed by atoms with Crippen molar-refractivity contribution in [3.05, 3.63) is 81.7 Å². The number of Topliss-reactive ketones (excluding diaryl/α,β-unsaturated/α-hetero) is 1. The molecule has 3 aromatic rings. The van der Waals surface area contributed by atoms with Crippen molar-refractivity contribution in [1.29, 1.82) is 0 Å². The number of carbonyl (C=O) groups is 2. The molecule has 0 fully saturated rings. The predicted octanol–water partition coefficient (Wildman–Crippen LogP) is 3.53. The third-order valence-electron chi connectivity index (χ3n) is 4.92. The molecule has 2 heterocycles. The Hall–Kier alpha value is -3.61. The third kappa shape index (κ3) is 3.85. The van der Waals surface area contributed by atoms with Crippen molar-refractivity contribution >= 4 is 17.4 Å². The van der Waals surface area contributed by atoms with E-state index >= 15 is 0 Å². The number of aromatic nitrogens is 1. The molecule has 2 N–H and O–H groups in total. The maximum absolute atomic E-state index is 12.6. The number of pyridine rings is 1. The maximum atomic E-state index is 12.6. The number of nitrogens with one attached hydrogen (secondary N) is 2. The van der Waals surface area contributed by atoms with E-state index in [9.17, 15) is 14.4 Å². The van der Waals surface area contributed by atoms with Crippen LogP contribution in [0.15, 0.2) is 57.9 Å². The zero-order valence-corrected chi connectivity index (χ0v) is 15.9. The minimum atomic E-state index is -0.570. The van der Waals surface area contributed by atoms with Crippen molar-refractivity contribution < 1.29 is 18.7 Å². The average Bonchev–Trinajstić information content (AvgIpc) is 3.24. The van der Waals surface area contributed by atoms with E-state index in [0.29, 0.717) is 41.5 Å². The number of fused-ring (bicyclic) bond motifs is 1. The van der Waals surface area contributed by atoms with Crippen LogP contribution in [0, 0.1) is 0 Å². The predicted molar refractivity (Wildman–Crippen MR) is 107 cm³/mol. The summed E-state index contributed by atoms with van der Waals surface area (Å²) in [5, 5.41) is 2.68. The lowest BCUT2D eigenvalue weighted by molar-refractivity contribution is 0.0959. The van der Waals surface area contributed by atoms with Crippen molar-refractivity contribution in [1.82, 2.24) is 4.98 Å². The lowest BCUT2D eigenvalue weighted by Crippen LogP contribution is -2.29. The summed E-state index contributed by atoms with van der Waals surface area (Å²) >= 11 is 0. The molecule has 148 valence electrons. The van der Waals surface area contributed by atoms with Crippen LogP contribution in [0.5, 0.6) is 5.75 Å². The molecule has 0 spiro atoms. The Labute approximate surface area is 166 Å². The monoisotopic (exact) mass is 392 g/mol. The molecule has 0 radical (unpaired) electrons. The zero-order valence-electron chi connectivity index (χ0n) is 15.9. The lowest BCUT2D eigenvalue weighted by atomic mass is 9.84. The van der Waals surface area contributed by atoms with Crippen molar-refractivity contribution in [2.24, 2.45) is 0 Å². The van der Waals surface area contributed by atoms with E-state index in [1.165, 1.54) is 6.07 Å². The first kappa shape index (κ1) is 18.7. The number of aromatic amines is 1. The van der Waals surface area contributed by atoms with Gasteiger partial charge in [-0.25, -0.2) is 0 Å². The highest BCUT2D eigenvalue weighted by Crippen LogP contribution is 2.31. The summed E-state index contributed by atoms with van der Waals surface area (Å²) in [7, 11) is 0. The number of anilines is 1. The topological polar surface area (TPSA) is 101 Å². The van der Waals surface area contributed by atoms with E-state index in [1.807, 2.05) is 13.0 Å². The first-order valence-electron chi connectivity index (χ1n) is 9.42. The highest BCUT2D eigenvalue weighted by Gasteiger charge is 2.30. The standard InChI is InChI=1S/C22H20N2O5/c1-2-28-15-7-5-14(6-8-15)23-21(26)17-12-16-18(24-22(17)27)10-13(11-19(16)25)20-4-3-9-29-20/h3-9,12-13H,2,10-11H2,1H3,(H,23,26)(H,24,27)/t13-/m0/s1. The van der Waals surface area contributed by atoms with Gasteiger partial charge in [0, 0.05) is 29.3 Å². The number of benzene rings is 1. The van der Waals surface area contributed by atoms with Crippen LogP contribution in [0.1, 0.15) is 51.4 Å². The van der Waals surface area contributed by atoms with Gasteiger partial charge in [-0.15, -0.1) is 0 Å². The van der Waals surface area contributed by atoms with Crippen molar-refractivity contribution in [2.45, 2.75) is 25.7 Å². The third-order valence-corrected chi connectivity index (χ3v) is 4.92. The second kappa shape index (κ2) is 7.79. The van der Waals surface area contributed by atoms with Gasteiger partial charge in [-0.1, -0.05) is 0 Å². The smallest absolute Gasteiger partial charge is 0.261 e. The van der Waals surface area contributed by atoms with Crippen LogP contribution in [0.4, 0.5) is 5.69 Å². The SMILES string of the molecule is CCOc1ccc(NC(=O)c2cc3c([nH]c2=O)C[C@H](c2ccco2)CC3=O)cc1. The summed E-state index contributed by atoms with van der Waals surface area (Å²) in [4.78, 5) is 40.4. The van der Waals surface area contributed by atoms with Crippen LogP contribution >= 0.6 is 0 Å². The molecule has 2 aromatic heterocycles. The number of ether oxygens (including phenoxy) is 1. The summed E-state index contributed by atoms with van der Waals surface area (Å²) < 4.78 is 10.8. The first-order valence-corrected chi connectivity index (χ1v) is 9.42. The first-order chi connectivity index (χ1) is 14.0. The van der Waals surface area contributed by atoms with E-state index in [4.69, 9.17) is 9.15 Å². The number of furan rings is 1. The highest BCUT2D eigenvalue weighted by molar-refractivity contribution is 6.06. The van der Waals surface area contributed by atoms with Gasteiger partial charge in [-0.05, 0) is 55.8 Å². The molecule has 0 unspecified atom stereocenters. The minimum Gasteiger partial charge on any atom is -0.494 e. The molecule has 0 aliphatic heterocycles. The Balaban J connectivity index is 1.56. The Morgan fingerprint density at radius 2 is 2.00 bits per heavy atom. The fraction of sp³-hybridized carbons (Fsp3) is 0.227. The number of rotatable bonds is 5. The van der Waals surface area contributed by atoms with Gasteiger partial charge in [0.15, 0.2) is 5.78 Å². The fourth-order valence-corrected chi connectivity index (χ4v) is 3.52. The molecule has 1 aromatic carbocycles. The minimum absolute atomic E-state index is 0.0950. The molecular weight excluding hydrogens is 372 g/mol. The molecule has 1 aliphatic carbocycles. The fourth-order valence-electron chi connectivity index (χ4n) is 3.52. The number of hydrogen-bond donors (Lipinski definition) is 2. The Morgan fingerprint density at radius 3 is 2.69 bits per heavy atom. The highest BCUT2D eigenvalue weighted by atomic mass is 16.5. The maximum Gasteiger partial charge on any atom is 0.261 e. The molecule has 1 amide bonds. The molecular formula is C22H20N2O5. The van der Waals surface area contributed by atoms with Gasteiger partial charge >= 0.3 is 0 Å². The van der Waals surface area contributed by atoms with Gasteiger partial charge in [-0.2, -0.15) is 0 Å². The molecule has 7 heteroatoms. The van der Waals surface area contributed by atoms with E-state index in [0.717, 1.165) is 0 Å². The molecule has 4 rings (SSSR count). The number of carbonyl (C=O) groups excluding carboxylic acids is 2. The quantitative estimate of drug-likeness (QED) is 0.692. The van der Waals surface area contributed by atoms with Gasteiger partial charge in [0.05, 0.1) is 12.9 Å². The largest absolute Gasteiger partial charge is 0.494 e. The average molecular weight is 392 g/mol. The zero-order chi connectivity index (χ0) is 20.4. The van der Waals surface area contributed by atoms with Crippen LogP contribution in [0.2, 0.25) is 0 Å². The van der Waals surface area contributed by atoms with Gasteiger partial charge in [0.2, 0.25) is 0 Å². The van der Waals surface area contributed by atoms with Gasteiger partial charge in [0.1, 0.15) is 17.1 Å². The van der Waals surface area contributed by atoms with E-state index < -0.39 is 11.5 Å². The van der Waals surface area contributed by atoms with E-state index in [2.05, 4.69) is 10.3 Å². The molecule has 0 bridgehead atoms. The number of H-pyrrole nitrogens is 1. The van der Waals surface area contributed by atoms with Crippen LogP contribution in [0.25, 0.3) is 0 Å². The second-order valence-electron chi connectivity index (χ2n) is 6.86. The summed E-state index contributed by atoms with van der Waals surface area (Å²) in [5.41, 5.74) is 0.816. The van der Waals surface area contributed by atoms with Crippen molar-refractivity contribution in [3.8, 4) is 5.75 Å². The van der Waals surface area contributed by atoms with Gasteiger partial charge in [0.25, 0.3) is 11.5 Å². The molecule has 1 aliphatic rings. The van der Waals surface area contributed by atoms with E-state index in [1.54, 1.807) is 36.6 Å². The normalized spacial score (nSPS) is 15.6. The summed E-state index contributed by atoms with van der Waals surface area (Å²) in [6.07, 6.45) is 2.31. The lowest BCUT2D eigenvalue weighted by Gasteiger charge is -2.22. The summed E-state index contributed by atoms with van der Waals surface area (Å²) in [5.74, 6) is 0.582. The Bertz CT molecular complexity index is 1100. The Morgan fingerprint density at radius 1 is 1.21 bits per heavy atom. The molecule has 1 atom stereocenters. The van der Waals surface area contributed by atoms with Crippen LogP contribution in [-0.2, 0) is 6.42 Å². The van der Waals surface area contributed by atoms with Crippen molar-refractivity contribution in [2.75, 3.05) is 11.9 Å². The Kier molecular flexibility index (Phi) is 5.03. The molecule has 0 saturated carbocycles. The number of ketones is 1. The van der Waals surface area contributed by atoms with Gasteiger partial charge in [-0.3, -0.25) is 14.4 Å². The molecule has 29 heavy (non-hydrogen) atoms. The molecule has 7 nitrogen and oxygen atoms in total. The number of hydrogen-bond acceptors (Lipinski definition) is 5. The number of amides is 1. The van der Waals surface area contributed by atoms with Crippen molar-refractivity contribution in [3.63, 3.8) is 0 Å². The summed E-state index contributed by atoms with van der Waals surface area (Å²) in [6.45, 7) is 2.43. The van der Waals surface area contributed by atoms with Crippen LogP contribution in [0.3, 0.4) is 0 Å². The second-order valence-corrected chi connectivity index (χ2v) is 6.86.